The SMILES string of the molecule is Cc1cc(OC(=O)Cc2c(Cl)cccc2Cl)cc(C(C)C)c1. The molecule has 116 valence electrons. The number of hydrogen-bond acceptors (Lipinski definition) is 2. The van der Waals surface area contributed by atoms with Crippen molar-refractivity contribution in [1.82, 2.24) is 0 Å². The molecule has 2 rings (SSSR count). The van der Waals surface area contributed by atoms with E-state index in [9.17, 15) is 4.79 Å². The zero-order valence-corrected chi connectivity index (χ0v) is 14.3. The number of benzene rings is 2. The van der Waals surface area contributed by atoms with Crippen LogP contribution in [0.15, 0.2) is 36.4 Å². The maximum Gasteiger partial charge on any atom is 0.315 e. The Kier molecular flexibility index (Phi) is 5.49. The number of rotatable bonds is 4. The molecule has 2 aromatic rings. The molecule has 0 unspecified atom stereocenters. The smallest absolute Gasteiger partial charge is 0.315 e. The first-order valence-electron chi connectivity index (χ1n) is 7.12. The highest BCUT2D eigenvalue weighted by molar-refractivity contribution is 6.36. The highest BCUT2D eigenvalue weighted by Gasteiger charge is 2.13. The summed E-state index contributed by atoms with van der Waals surface area (Å²) in [5.41, 5.74) is 2.79. The normalized spacial score (nSPS) is 10.8. The third kappa shape index (κ3) is 4.25. The Balaban J connectivity index is 2.16. The topological polar surface area (TPSA) is 26.3 Å². The number of aryl methyl sites for hydroxylation is 1. The standard InChI is InChI=1S/C18H18Cl2O2/c1-11(2)13-7-12(3)8-14(9-13)22-18(21)10-15-16(19)5-4-6-17(15)20/h4-9,11H,10H2,1-3H3. The maximum absolute atomic E-state index is 12.1. The van der Waals surface area contributed by atoms with E-state index in [2.05, 4.69) is 19.9 Å². The summed E-state index contributed by atoms with van der Waals surface area (Å²) in [6.07, 6.45) is 0.0451. The van der Waals surface area contributed by atoms with Crippen LogP contribution in [0.4, 0.5) is 0 Å². The summed E-state index contributed by atoms with van der Waals surface area (Å²) in [4.78, 5) is 12.1. The van der Waals surface area contributed by atoms with Crippen molar-refractivity contribution >= 4 is 29.2 Å². The molecule has 0 radical (unpaired) electrons. The molecule has 4 heteroatoms. The van der Waals surface area contributed by atoms with Gasteiger partial charge in [0.25, 0.3) is 0 Å². The molecule has 0 N–H and O–H groups in total. The first kappa shape index (κ1) is 16.9. The molecule has 0 spiro atoms. The first-order valence-corrected chi connectivity index (χ1v) is 7.87. The summed E-state index contributed by atoms with van der Waals surface area (Å²) < 4.78 is 5.44. The average molecular weight is 337 g/mol. The number of halogens is 2. The Morgan fingerprint density at radius 1 is 1.14 bits per heavy atom. The van der Waals surface area contributed by atoms with Gasteiger partial charge in [0.1, 0.15) is 5.75 Å². The average Bonchev–Trinajstić information content (AvgIpc) is 2.42. The van der Waals surface area contributed by atoms with Crippen LogP contribution >= 0.6 is 23.2 Å². The predicted molar refractivity (Wildman–Crippen MR) is 91.1 cm³/mol. The van der Waals surface area contributed by atoms with Crippen LogP contribution in [-0.4, -0.2) is 5.97 Å². The third-order valence-electron chi connectivity index (χ3n) is 3.35. The van der Waals surface area contributed by atoms with Gasteiger partial charge in [0, 0.05) is 15.6 Å². The zero-order valence-electron chi connectivity index (χ0n) is 12.8. The molecular weight excluding hydrogens is 319 g/mol. The monoisotopic (exact) mass is 336 g/mol. The van der Waals surface area contributed by atoms with E-state index in [1.165, 1.54) is 0 Å². The fourth-order valence-corrected chi connectivity index (χ4v) is 2.71. The van der Waals surface area contributed by atoms with E-state index in [0.29, 0.717) is 27.3 Å². The van der Waals surface area contributed by atoms with Gasteiger partial charge in [-0.2, -0.15) is 0 Å². The first-order chi connectivity index (χ1) is 10.4. The molecule has 0 bridgehead atoms. The minimum atomic E-state index is -0.379. The van der Waals surface area contributed by atoms with Crippen molar-refractivity contribution in [1.29, 1.82) is 0 Å². The van der Waals surface area contributed by atoms with E-state index in [0.717, 1.165) is 11.1 Å². The molecule has 22 heavy (non-hydrogen) atoms. The van der Waals surface area contributed by atoms with Crippen LogP contribution < -0.4 is 4.74 Å². The van der Waals surface area contributed by atoms with Gasteiger partial charge in [-0.25, -0.2) is 0 Å². The quantitative estimate of drug-likeness (QED) is 0.538. The number of carbonyl (C=O) groups excluding carboxylic acids is 1. The molecule has 0 amide bonds. The summed E-state index contributed by atoms with van der Waals surface area (Å²) in [6.45, 7) is 6.18. The Morgan fingerprint density at radius 2 is 1.77 bits per heavy atom. The molecule has 0 aliphatic rings. The lowest BCUT2D eigenvalue weighted by Crippen LogP contribution is -2.12. The van der Waals surface area contributed by atoms with Crippen molar-refractivity contribution in [2.45, 2.75) is 33.1 Å². The molecule has 0 aliphatic carbocycles. The molecule has 2 aromatic carbocycles. The van der Waals surface area contributed by atoms with E-state index in [1.807, 2.05) is 19.1 Å². The summed E-state index contributed by atoms with van der Waals surface area (Å²) in [5, 5.41) is 0.938. The summed E-state index contributed by atoms with van der Waals surface area (Å²) in [6, 6.07) is 11.0. The molecule has 0 saturated carbocycles. The second-order valence-electron chi connectivity index (χ2n) is 5.59. The van der Waals surface area contributed by atoms with Gasteiger partial charge < -0.3 is 4.74 Å². The van der Waals surface area contributed by atoms with Crippen molar-refractivity contribution in [2.24, 2.45) is 0 Å². The van der Waals surface area contributed by atoms with Gasteiger partial charge in [0.05, 0.1) is 6.42 Å². The fourth-order valence-electron chi connectivity index (χ4n) is 2.18. The number of hydrogen-bond donors (Lipinski definition) is 0. The molecule has 0 aromatic heterocycles. The number of ether oxygens (including phenoxy) is 1. The van der Waals surface area contributed by atoms with Crippen LogP contribution in [-0.2, 0) is 11.2 Å². The Hall–Kier alpha value is -1.51. The molecular formula is C18H18Cl2O2. The second kappa shape index (κ2) is 7.17. The van der Waals surface area contributed by atoms with Gasteiger partial charge in [-0.1, -0.05) is 49.2 Å². The van der Waals surface area contributed by atoms with Crippen molar-refractivity contribution < 1.29 is 9.53 Å². The third-order valence-corrected chi connectivity index (χ3v) is 4.06. The van der Waals surface area contributed by atoms with Crippen molar-refractivity contribution in [3.05, 3.63) is 63.1 Å². The Labute approximate surface area is 141 Å². The van der Waals surface area contributed by atoms with Gasteiger partial charge in [0.15, 0.2) is 0 Å². The van der Waals surface area contributed by atoms with E-state index in [-0.39, 0.29) is 12.4 Å². The van der Waals surface area contributed by atoms with Gasteiger partial charge in [0.2, 0.25) is 0 Å². The molecule has 0 saturated heterocycles. The zero-order chi connectivity index (χ0) is 16.3. The molecule has 0 atom stereocenters. The summed E-state index contributed by atoms with van der Waals surface area (Å²) in [5.74, 6) is 0.544. The van der Waals surface area contributed by atoms with Gasteiger partial charge in [-0.05, 0) is 48.2 Å². The van der Waals surface area contributed by atoms with Crippen LogP contribution in [0.5, 0.6) is 5.75 Å². The Morgan fingerprint density at radius 3 is 2.36 bits per heavy atom. The van der Waals surface area contributed by atoms with E-state index in [4.69, 9.17) is 27.9 Å². The molecule has 0 aliphatic heterocycles. The molecule has 0 heterocycles. The summed E-state index contributed by atoms with van der Waals surface area (Å²) in [7, 11) is 0. The summed E-state index contributed by atoms with van der Waals surface area (Å²) >= 11 is 12.2. The maximum atomic E-state index is 12.1. The van der Waals surface area contributed by atoms with Crippen LogP contribution in [0.1, 0.15) is 36.5 Å². The van der Waals surface area contributed by atoms with Gasteiger partial charge in [-0.15, -0.1) is 0 Å². The molecule has 2 nitrogen and oxygen atoms in total. The van der Waals surface area contributed by atoms with Crippen LogP contribution in [0.25, 0.3) is 0 Å². The van der Waals surface area contributed by atoms with Crippen molar-refractivity contribution in [3.8, 4) is 5.75 Å². The lowest BCUT2D eigenvalue weighted by Gasteiger charge is -2.11. The van der Waals surface area contributed by atoms with Crippen LogP contribution in [0.3, 0.4) is 0 Å². The van der Waals surface area contributed by atoms with Crippen molar-refractivity contribution in [2.75, 3.05) is 0 Å². The second-order valence-corrected chi connectivity index (χ2v) is 6.40. The minimum absolute atomic E-state index is 0.0451. The highest BCUT2D eigenvalue weighted by atomic mass is 35.5. The lowest BCUT2D eigenvalue weighted by atomic mass is 10.0. The number of carbonyl (C=O) groups is 1. The molecule has 0 fully saturated rings. The van der Waals surface area contributed by atoms with Crippen molar-refractivity contribution in [3.63, 3.8) is 0 Å². The largest absolute Gasteiger partial charge is 0.426 e. The predicted octanol–water partition coefficient (Wildman–Crippen LogP) is 5.57. The minimum Gasteiger partial charge on any atom is -0.426 e. The van der Waals surface area contributed by atoms with Gasteiger partial charge >= 0.3 is 5.97 Å². The number of esters is 1. The van der Waals surface area contributed by atoms with E-state index >= 15 is 0 Å². The fraction of sp³-hybridized carbons (Fsp3) is 0.278. The van der Waals surface area contributed by atoms with E-state index in [1.54, 1.807) is 18.2 Å². The van der Waals surface area contributed by atoms with Gasteiger partial charge in [-0.3, -0.25) is 4.79 Å². The van der Waals surface area contributed by atoms with E-state index < -0.39 is 0 Å². The Bertz CT molecular complexity index is 673. The van der Waals surface area contributed by atoms with Crippen LogP contribution in [0, 0.1) is 6.92 Å². The highest BCUT2D eigenvalue weighted by Crippen LogP contribution is 2.26. The lowest BCUT2D eigenvalue weighted by molar-refractivity contribution is -0.133. The van der Waals surface area contributed by atoms with Crippen LogP contribution in [0.2, 0.25) is 10.0 Å².